The minimum Gasteiger partial charge on any atom is -0.342 e. The molecule has 4 rings (SSSR count). The molecule has 3 unspecified atom stereocenters. The summed E-state index contributed by atoms with van der Waals surface area (Å²) in [5, 5.41) is 5.85. The van der Waals surface area contributed by atoms with Gasteiger partial charge >= 0.3 is 0 Å². The van der Waals surface area contributed by atoms with Crippen molar-refractivity contribution in [3.8, 4) is 5.69 Å². The number of likely N-dealkylation sites (tertiary alicyclic amines) is 1. The van der Waals surface area contributed by atoms with Crippen LogP contribution >= 0.6 is 0 Å². The Morgan fingerprint density at radius 3 is 2.30 bits per heavy atom. The fourth-order valence-electron chi connectivity index (χ4n) is 5.32. The molecule has 1 aromatic heterocycles. The van der Waals surface area contributed by atoms with Crippen molar-refractivity contribution in [1.82, 2.24) is 30.0 Å². The Morgan fingerprint density at radius 2 is 1.68 bits per heavy atom. The van der Waals surface area contributed by atoms with Gasteiger partial charge in [0.25, 0.3) is 5.91 Å². The van der Waals surface area contributed by atoms with Crippen LogP contribution in [0.15, 0.2) is 61.1 Å². The van der Waals surface area contributed by atoms with Gasteiger partial charge in [-0.25, -0.2) is 13.8 Å². The summed E-state index contributed by atoms with van der Waals surface area (Å²) in [6.45, 7) is 8.61. The Morgan fingerprint density at radius 1 is 1.05 bits per heavy atom. The minimum absolute atomic E-state index is 0.178. The predicted molar refractivity (Wildman–Crippen MR) is 164 cm³/mol. The van der Waals surface area contributed by atoms with E-state index in [1.165, 1.54) is 30.6 Å². The van der Waals surface area contributed by atoms with Crippen molar-refractivity contribution in [2.24, 2.45) is 5.41 Å². The number of carbonyl (C=O) groups is 3. The summed E-state index contributed by atoms with van der Waals surface area (Å²) in [4.78, 5) is 48.5. The van der Waals surface area contributed by atoms with E-state index in [0.29, 0.717) is 31.6 Å². The van der Waals surface area contributed by atoms with Gasteiger partial charge in [0.05, 0.1) is 6.04 Å². The Balaban J connectivity index is 1.56. The summed E-state index contributed by atoms with van der Waals surface area (Å²) in [5.41, 5.74) is 1.20. The molecule has 11 heteroatoms. The van der Waals surface area contributed by atoms with Crippen LogP contribution < -0.4 is 10.6 Å². The number of carbonyl (C=O) groups excluding carboxylic acids is 3. The molecule has 44 heavy (non-hydrogen) atoms. The average molecular weight is 609 g/mol. The molecule has 0 aliphatic carbocycles. The molecule has 2 N–H and O–H groups in total. The van der Waals surface area contributed by atoms with Gasteiger partial charge in [-0.1, -0.05) is 32.9 Å². The van der Waals surface area contributed by atoms with Gasteiger partial charge in [-0.05, 0) is 80.6 Å². The van der Waals surface area contributed by atoms with Crippen LogP contribution in [0.1, 0.15) is 56.6 Å². The van der Waals surface area contributed by atoms with Gasteiger partial charge in [0, 0.05) is 37.6 Å². The zero-order chi connectivity index (χ0) is 32.0. The number of hydrogen-bond donors (Lipinski definition) is 2. The number of likely N-dealkylation sites (N-methyl/N-ethyl adjacent to an activating group) is 1. The van der Waals surface area contributed by atoms with Crippen LogP contribution in [0, 0.1) is 17.0 Å². The molecule has 3 amide bonds. The molecule has 9 nitrogen and oxygen atoms in total. The molecule has 2 aromatic carbocycles. The summed E-state index contributed by atoms with van der Waals surface area (Å²) in [7, 11) is 1.69. The summed E-state index contributed by atoms with van der Waals surface area (Å²) >= 11 is 0. The first-order valence-corrected chi connectivity index (χ1v) is 15.0. The molecule has 0 bridgehead atoms. The molecule has 2 heterocycles. The lowest BCUT2D eigenvalue weighted by atomic mass is 9.85. The molecule has 0 saturated carbocycles. The summed E-state index contributed by atoms with van der Waals surface area (Å²) < 4.78 is 28.6. The summed E-state index contributed by atoms with van der Waals surface area (Å²) in [6.07, 6.45) is 5.06. The first-order chi connectivity index (χ1) is 20.9. The van der Waals surface area contributed by atoms with Gasteiger partial charge < -0.3 is 25.0 Å². The largest absolute Gasteiger partial charge is 0.342 e. The molecule has 0 spiro atoms. The zero-order valence-electron chi connectivity index (χ0n) is 26.0. The van der Waals surface area contributed by atoms with E-state index < -0.39 is 17.5 Å². The van der Waals surface area contributed by atoms with Gasteiger partial charge in [-0.15, -0.1) is 0 Å². The van der Waals surface area contributed by atoms with E-state index in [1.54, 1.807) is 58.8 Å². The molecule has 236 valence electrons. The summed E-state index contributed by atoms with van der Waals surface area (Å²) in [6, 6.07) is 10.6. The van der Waals surface area contributed by atoms with Gasteiger partial charge in [0.1, 0.15) is 29.7 Å². The highest BCUT2D eigenvalue weighted by Gasteiger charge is 2.41. The zero-order valence-corrected chi connectivity index (χ0v) is 26.0. The molecule has 1 saturated heterocycles. The van der Waals surface area contributed by atoms with Gasteiger partial charge in [-0.3, -0.25) is 14.4 Å². The molecule has 3 aromatic rings. The smallest absolute Gasteiger partial charge is 0.274 e. The second kappa shape index (κ2) is 14.1. The van der Waals surface area contributed by atoms with Crippen molar-refractivity contribution in [2.45, 2.75) is 65.1 Å². The molecule has 0 radical (unpaired) electrons. The van der Waals surface area contributed by atoms with E-state index >= 15 is 0 Å². The maximum absolute atomic E-state index is 14.0. The van der Waals surface area contributed by atoms with Crippen molar-refractivity contribution < 1.29 is 23.2 Å². The average Bonchev–Trinajstić information content (AvgIpc) is 3.68. The van der Waals surface area contributed by atoms with Crippen LogP contribution in [0.3, 0.4) is 0 Å². The number of nitrogens with zero attached hydrogens (tertiary/aromatic N) is 4. The molecule has 1 aliphatic heterocycles. The third-order valence-electron chi connectivity index (χ3n) is 8.11. The first-order valence-electron chi connectivity index (χ1n) is 15.0. The van der Waals surface area contributed by atoms with Crippen molar-refractivity contribution in [3.63, 3.8) is 0 Å². The van der Waals surface area contributed by atoms with Crippen LogP contribution in [0.2, 0.25) is 0 Å². The molecule has 3 atom stereocenters. The second-order valence-electron chi connectivity index (χ2n) is 12.4. The first kappa shape index (κ1) is 32.8. The van der Waals surface area contributed by atoms with Crippen LogP contribution in [-0.4, -0.2) is 81.9 Å². The number of halogens is 2. The third kappa shape index (κ3) is 8.07. The fourth-order valence-corrected chi connectivity index (χ4v) is 5.32. The number of imidazole rings is 1. The van der Waals surface area contributed by atoms with E-state index in [0.717, 1.165) is 12.0 Å². The number of benzene rings is 2. The van der Waals surface area contributed by atoms with E-state index in [4.69, 9.17) is 0 Å². The lowest BCUT2D eigenvalue weighted by Crippen LogP contribution is -2.59. The minimum atomic E-state index is -0.749. The van der Waals surface area contributed by atoms with Crippen LogP contribution in [0.4, 0.5) is 8.78 Å². The normalized spacial score (nSPS) is 16.4. The Labute approximate surface area is 257 Å². The lowest BCUT2D eigenvalue weighted by Gasteiger charge is -2.37. The number of nitrogens with one attached hydrogen (secondary N) is 2. The van der Waals surface area contributed by atoms with Gasteiger partial charge in [0.15, 0.2) is 0 Å². The second-order valence-corrected chi connectivity index (χ2v) is 12.4. The van der Waals surface area contributed by atoms with Gasteiger partial charge in [0.2, 0.25) is 11.8 Å². The molecular formula is C33H42F2N6O3. The van der Waals surface area contributed by atoms with E-state index in [-0.39, 0.29) is 47.6 Å². The van der Waals surface area contributed by atoms with Crippen LogP contribution in [0.25, 0.3) is 5.69 Å². The Hall–Kier alpha value is -4.12. The van der Waals surface area contributed by atoms with Gasteiger partial charge in [-0.2, -0.15) is 0 Å². The van der Waals surface area contributed by atoms with E-state index in [9.17, 15) is 23.2 Å². The monoisotopic (exact) mass is 608 g/mol. The van der Waals surface area contributed by atoms with E-state index in [2.05, 4.69) is 15.6 Å². The highest BCUT2D eigenvalue weighted by molar-refractivity contribution is 5.93. The third-order valence-corrected chi connectivity index (χ3v) is 8.11. The van der Waals surface area contributed by atoms with Crippen LogP contribution in [0.5, 0.6) is 0 Å². The highest BCUT2D eigenvalue weighted by atomic mass is 19.1. The lowest BCUT2D eigenvalue weighted by molar-refractivity contribution is -0.140. The Kier molecular flexibility index (Phi) is 10.5. The maximum Gasteiger partial charge on any atom is 0.274 e. The van der Waals surface area contributed by atoms with E-state index in [1.807, 2.05) is 20.8 Å². The molecule has 1 fully saturated rings. The predicted octanol–water partition coefficient (Wildman–Crippen LogP) is 3.97. The van der Waals surface area contributed by atoms with Crippen molar-refractivity contribution in [2.75, 3.05) is 26.7 Å². The molecule has 1 aliphatic rings. The highest BCUT2D eigenvalue weighted by Crippen LogP contribution is 2.27. The maximum atomic E-state index is 14.0. The van der Waals surface area contributed by atoms with Crippen molar-refractivity contribution >= 4 is 17.7 Å². The number of rotatable bonds is 11. The number of hydrogen-bond acceptors (Lipinski definition) is 5. The fraction of sp³-hybridized carbons (Fsp3) is 0.455. The quantitative estimate of drug-likeness (QED) is 0.343. The topological polar surface area (TPSA) is 99.6 Å². The van der Waals surface area contributed by atoms with Crippen molar-refractivity contribution in [3.05, 3.63) is 83.9 Å². The van der Waals surface area contributed by atoms with Crippen molar-refractivity contribution in [1.29, 1.82) is 0 Å². The standard InChI is InChI=1S/C33H42F2N6O3/c1-22(36-5)30(42)38-29(33(2,3)4)32(44)41-17-6-7-27(41)19-39(18-16-23-8-10-24(34)11-9-23)31(43)28-20-40(21-37-28)26-14-12-25(35)13-15-26/h8-15,20-22,27,29,36H,6-7,16-19H2,1-5H3,(H,38,42). The number of amides is 3. The molecular weight excluding hydrogens is 566 g/mol. The summed E-state index contributed by atoms with van der Waals surface area (Å²) in [5.74, 6) is -1.45. The SMILES string of the molecule is CNC(C)C(=O)NC(C(=O)N1CCCC1CN(CCc1ccc(F)cc1)C(=O)c1cn(-c2ccc(F)cc2)cn1)C(C)(C)C. The number of aromatic nitrogens is 2. The Bertz CT molecular complexity index is 1430. The van der Waals surface area contributed by atoms with Crippen LogP contribution in [-0.2, 0) is 16.0 Å².